The van der Waals surface area contributed by atoms with Gasteiger partial charge in [0.1, 0.15) is 0 Å². The molecule has 3 aromatic carbocycles. The number of rotatable bonds is 4. The Morgan fingerprint density at radius 2 is 1.66 bits per heavy atom. The van der Waals surface area contributed by atoms with Crippen molar-refractivity contribution < 1.29 is 9.90 Å². The number of carbonyl (C=O) groups excluding carboxylic acids is 1. The molecule has 2 aromatic heterocycles. The van der Waals surface area contributed by atoms with E-state index in [1.165, 1.54) is 0 Å². The Labute approximate surface area is 185 Å². The fourth-order valence-corrected chi connectivity index (χ4v) is 5.62. The van der Waals surface area contributed by atoms with Gasteiger partial charge in [-0.25, -0.2) is 0 Å². The number of carbonyl (C=O) groups is 1. The van der Waals surface area contributed by atoms with Crippen LogP contribution >= 0.6 is 0 Å². The number of fused-ring (bicyclic) bond motifs is 10. The van der Waals surface area contributed by atoms with E-state index in [4.69, 9.17) is 0 Å². The van der Waals surface area contributed by atoms with Crippen LogP contribution < -0.4 is 5.32 Å². The molecule has 6 nitrogen and oxygen atoms in total. The Hall–Kier alpha value is -3.35. The van der Waals surface area contributed by atoms with Crippen molar-refractivity contribution in [2.75, 3.05) is 20.6 Å². The van der Waals surface area contributed by atoms with Crippen molar-refractivity contribution in [2.45, 2.75) is 19.2 Å². The van der Waals surface area contributed by atoms with Gasteiger partial charge in [0, 0.05) is 52.7 Å². The molecule has 162 valence electrons. The number of aryl methyl sites for hydroxylation is 1. The van der Waals surface area contributed by atoms with Crippen LogP contribution in [0, 0.1) is 0 Å². The number of amides is 1. The quantitative estimate of drug-likeness (QED) is 0.462. The summed E-state index contributed by atoms with van der Waals surface area (Å²) in [5, 5.41) is 18.3. The van der Waals surface area contributed by atoms with Crippen molar-refractivity contribution in [3.8, 4) is 0 Å². The molecule has 0 saturated heterocycles. The lowest BCUT2D eigenvalue weighted by molar-refractivity contribution is 0.0967. The highest BCUT2D eigenvalue weighted by Gasteiger charge is 2.31. The molecule has 2 N–H and O–H groups in total. The summed E-state index contributed by atoms with van der Waals surface area (Å²) in [5.74, 6) is -0.0171. The topological polar surface area (TPSA) is 62.4 Å². The van der Waals surface area contributed by atoms with Crippen LogP contribution in [0.3, 0.4) is 0 Å². The SMILES string of the molecule is CN(C)CC(O)Cn1c2ccccc2c2c3c(c4c5ccccc5n(C)c4c21)CNC3=O. The van der Waals surface area contributed by atoms with Crippen LogP contribution in [0.25, 0.3) is 43.6 Å². The lowest BCUT2D eigenvalue weighted by atomic mass is 9.97. The molecule has 1 unspecified atom stereocenters. The number of hydrogen-bond donors (Lipinski definition) is 2. The van der Waals surface area contributed by atoms with Gasteiger partial charge >= 0.3 is 0 Å². The molecule has 0 saturated carbocycles. The molecule has 3 heterocycles. The smallest absolute Gasteiger partial charge is 0.252 e. The van der Waals surface area contributed by atoms with E-state index in [1.54, 1.807) is 0 Å². The zero-order valence-electron chi connectivity index (χ0n) is 18.5. The molecule has 0 bridgehead atoms. The van der Waals surface area contributed by atoms with Gasteiger partial charge in [-0.1, -0.05) is 36.4 Å². The van der Waals surface area contributed by atoms with Gasteiger partial charge in [0.2, 0.25) is 0 Å². The van der Waals surface area contributed by atoms with Gasteiger partial charge in [0.15, 0.2) is 0 Å². The number of benzene rings is 3. The van der Waals surface area contributed by atoms with Crippen molar-refractivity contribution in [3.05, 3.63) is 59.7 Å². The van der Waals surface area contributed by atoms with Gasteiger partial charge < -0.3 is 24.5 Å². The second-order valence-corrected chi connectivity index (χ2v) is 9.10. The number of nitrogens with zero attached hydrogens (tertiary/aromatic N) is 3. The third kappa shape index (κ3) is 2.51. The van der Waals surface area contributed by atoms with Crippen LogP contribution in [0.4, 0.5) is 0 Å². The summed E-state index contributed by atoms with van der Waals surface area (Å²) in [5.41, 5.74) is 6.17. The fourth-order valence-electron chi connectivity index (χ4n) is 5.62. The summed E-state index contributed by atoms with van der Waals surface area (Å²) in [6.07, 6.45) is -0.532. The van der Waals surface area contributed by atoms with Gasteiger partial charge in [-0.15, -0.1) is 0 Å². The van der Waals surface area contributed by atoms with Crippen molar-refractivity contribution in [1.82, 2.24) is 19.4 Å². The maximum absolute atomic E-state index is 13.1. The average Bonchev–Trinajstić information content (AvgIpc) is 3.39. The molecule has 6 heteroatoms. The minimum Gasteiger partial charge on any atom is -0.390 e. The predicted molar refractivity (Wildman–Crippen MR) is 129 cm³/mol. The molecule has 1 aliphatic rings. The Bertz CT molecular complexity index is 1560. The lowest BCUT2D eigenvalue weighted by Crippen LogP contribution is -2.29. The minimum absolute atomic E-state index is 0.0171. The molecular weight excluding hydrogens is 400 g/mol. The number of likely N-dealkylation sites (N-methyl/N-ethyl adjacent to an activating group) is 1. The highest BCUT2D eigenvalue weighted by molar-refractivity contribution is 6.30. The molecule has 32 heavy (non-hydrogen) atoms. The van der Waals surface area contributed by atoms with Crippen LogP contribution in [0.5, 0.6) is 0 Å². The highest BCUT2D eigenvalue weighted by atomic mass is 16.3. The predicted octanol–water partition coefficient (Wildman–Crippen LogP) is 3.61. The molecule has 6 rings (SSSR count). The maximum atomic E-state index is 13.1. The van der Waals surface area contributed by atoms with E-state index in [0.29, 0.717) is 19.6 Å². The first kappa shape index (κ1) is 19.3. The molecule has 1 aliphatic heterocycles. The number of aromatic nitrogens is 2. The fraction of sp³-hybridized carbons (Fsp3) is 0.269. The standard InChI is InChI=1S/C26H26N4O2/c1-28(2)13-15(31)14-30-20-11-7-5-9-17(20)22-23-18(12-27-26(23)32)21-16-8-4-6-10-19(16)29(3)24(21)25(22)30/h4-11,15,31H,12-14H2,1-3H3,(H,27,32). The summed E-state index contributed by atoms with van der Waals surface area (Å²) in [7, 11) is 6.03. The Kier molecular flexibility index (Phi) is 4.12. The van der Waals surface area contributed by atoms with E-state index in [1.807, 2.05) is 31.1 Å². The van der Waals surface area contributed by atoms with Crippen molar-refractivity contribution in [3.63, 3.8) is 0 Å². The van der Waals surface area contributed by atoms with Crippen LogP contribution in [0.1, 0.15) is 15.9 Å². The normalized spacial score (nSPS) is 14.8. The zero-order valence-corrected chi connectivity index (χ0v) is 18.5. The van der Waals surface area contributed by atoms with E-state index < -0.39 is 6.10 Å². The summed E-state index contributed by atoms with van der Waals surface area (Å²) in [6, 6.07) is 16.6. The molecule has 0 fully saturated rings. The Balaban J connectivity index is 1.85. The van der Waals surface area contributed by atoms with Crippen LogP contribution in [-0.2, 0) is 20.1 Å². The summed E-state index contributed by atoms with van der Waals surface area (Å²) >= 11 is 0. The third-order valence-corrected chi connectivity index (χ3v) is 6.78. The van der Waals surface area contributed by atoms with Crippen LogP contribution in [-0.4, -0.2) is 51.8 Å². The van der Waals surface area contributed by atoms with Crippen molar-refractivity contribution >= 4 is 49.5 Å². The van der Waals surface area contributed by atoms with Gasteiger partial charge in [0.05, 0.1) is 29.2 Å². The molecule has 1 amide bonds. The largest absolute Gasteiger partial charge is 0.390 e. The van der Waals surface area contributed by atoms with Gasteiger partial charge in [-0.3, -0.25) is 4.79 Å². The molecule has 5 aromatic rings. The Morgan fingerprint density at radius 3 is 2.38 bits per heavy atom. The first-order valence-electron chi connectivity index (χ1n) is 11.0. The van der Waals surface area contributed by atoms with Crippen LogP contribution in [0.15, 0.2) is 48.5 Å². The molecule has 0 radical (unpaired) electrons. The average molecular weight is 427 g/mol. The van der Waals surface area contributed by atoms with Crippen LogP contribution in [0.2, 0.25) is 0 Å². The number of nitrogens with one attached hydrogen (secondary N) is 1. The minimum atomic E-state index is -0.532. The highest BCUT2D eigenvalue weighted by Crippen LogP contribution is 2.44. The second-order valence-electron chi connectivity index (χ2n) is 9.10. The Morgan fingerprint density at radius 1 is 1.00 bits per heavy atom. The van der Waals surface area contributed by atoms with Crippen molar-refractivity contribution in [1.29, 1.82) is 0 Å². The van der Waals surface area contributed by atoms with E-state index in [0.717, 1.165) is 54.7 Å². The van der Waals surface area contributed by atoms with Gasteiger partial charge in [0.25, 0.3) is 5.91 Å². The third-order valence-electron chi connectivity index (χ3n) is 6.78. The first-order valence-corrected chi connectivity index (χ1v) is 11.0. The summed E-state index contributed by atoms with van der Waals surface area (Å²) < 4.78 is 4.45. The summed E-state index contributed by atoms with van der Waals surface area (Å²) in [6.45, 7) is 1.56. The number of para-hydroxylation sites is 2. The van der Waals surface area contributed by atoms with Gasteiger partial charge in [-0.05, 0) is 31.8 Å². The van der Waals surface area contributed by atoms with Crippen molar-refractivity contribution in [2.24, 2.45) is 7.05 Å². The molecule has 0 spiro atoms. The van der Waals surface area contributed by atoms with E-state index in [-0.39, 0.29) is 5.91 Å². The zero-order chi connectivity index (χ0) is 22.1. The lowest BCUT2D eigenvalue weighted by Gasteiger charge is -2.18. The summed E-state index contributed by atoms with van der Waals surface area (Å²) in [4.78, 5) is 15.1. The molecule has 1 atom stereocenters. The first-order chi connectivity index (χ1) is 15.5. The van der Waals surface area contributed by atoms with E-state index >= 15 is 0 Å². The van der Waals surface area contributed by atoms with E-state index in [2.05, 4.69) is 57.9 Å². The van der Waals surface area contributed by atoms with Gasteiger partial charge in [-0.2, -0.15) is 0 Å². The molecule has 0 aliphatic carbocycles. The number of aliphatic hydroxyl groups is 1. The molecular formula is C26H26N4O2. The van der Waals surface area contributed by atoms with E-state index in [9.17, 15) is 9.90 Å². The monoisotopic (exact) mass is 426 g/mol. The maximum Gasteiger partial charge on any atom is 0.252 e. The number of hydrogen-bond acceptors (Lipinski definition) is 3. The second kappa shape index (κ2) is 6.82. The number of aliphatic hydroxyl groups excluding tert-OH is 1.